The van der Waals surface area contributed by atoms with Crippen LogP contribution in [0, 0.1) is 5.41 Å². The Morgan fingerprint density at radius 1 is 1.62 bits per heavy atom. The van der Waals surface area contributed by atoms with Gasteiger partial charge in [-0.05, 0) is 6.42 Å². The summed E-state index contributed by atoms with van der Waals surface area (Å²) in [5.74, 6) is 0.395. The second-order valence-corrected chi connectivity index (χ2v) is 2.92. The van der Waals surface area contributed by atoms with E-state index in [2.05, 4.69) is 15.8 Å². The minimum atomic E-state index is 0.395. The van der Waals surface area contributed by atoms with Crippen molar-refractivity contribution in [1.82, 2.24) is 15.6 Å². The second kappa shape index (κ2) is 5.53. The van der Waals surface area contributed by atoms with Crippen LogP contribution >= 0.6 is 0 Å². The van der Waals surface area contributed by atoms with Crippen molar-refractivity contribution in [3.8, 4) is 0 Å². The Bertz CT molecular complexity index is 183. The maximum absolute atomic E-state index is 7.63. The van der Waals surface area contributed by atoms with Crippen LogP contribution in [0.2, 0.25) is 0 Å². The van der Waals surface area contributed by atoms with Crippen LogP contribution in [-0.2, 0) is 0 Å². The molecule has 13 heavy (non-hydrogen) atoms. The molecule has 0 atom stereocenters. The Hall–Kier alpha value is -1.10. The lowest BCUT2D eigenvalue weighted by molar-refractivity contribution is 0.345. The molecule has 0 bridgehead atoms. The van der Waals surface area contributed by atoms with E-state index in [0.29, 0.717) is 5.96 Å². The number of hydrogen-bond acceptors (Lipinski definition) is 3. The van der Waals surface area contributed by atoms with Gasteiger partial charge in [0.1, 0.15) is 0 Å². The van der Waals surface area contributed by atoms with Gasteiger partial charge < -0.3 is 10.2 Å². The first-order chi connectivity index (χ1) is 6.34. The predicted octanol–water partition coefficient (Wildman–Crippen LogP) is -0.188. The largest absolute Gasteiger partial charge is 0.339 e. The van der Waals surface area contributed by atoms with Crippen molar-refractivity contribution in [1.29, 1.82) is 5.41 Å². The highest BCUT2D eigenvalue weighted by Crippen LogP contribution is 1.90. The molecule has 0 unspecified atom stereocenters. The summed E-state index contributed by atoms with van der Waals surface area (Å²) < 4.78 is 0. The molecule has 1 heterocycles. The molecular weight excluding hydrogens is 166 g/mol. The molecule has 0 saturated carbocycles. The first-order valence-electron chi connectivity index (χ1n) is 4.66. The van der Waals surface area contributed by atoms with Crippen LogP contribution < -0.4 is 10.7 Å². The molecule has 1 aliphatic heterocycles. The maximum Gasteiger partial charge on any atom is 0.211 e. The van der Waals surface area contributed by atoms with E-state index >= 15 is 0 Å². The minimum Gasteiger partial charge on any atom is -0.339 e. The van der Waals surface area contributed by atoms with E-state index in [1.807, 2.05) is 11.8 Å². The third-order valence-electron chi connectivity index (χ3n) is 1.88. The summed E-state index contributed by atoms with van der Waals surface area (Å²) in [6, 6.07) is 0. The fraction of sp³-hybridized carbons (Fsp3) is 0.750. The van der Waals surface area contributed by atoms with Crippen molar-refractivity contribution in [3.63, 3.8) is 0 Å². The topological polar surface area (TPSA) is 63.5 Å². The average Bonchev–Trinajstić information content (AvgIpc) is 2.19. The van der Waals surface area contributed by atoms with Gasteiger partial charge in [-0.1, -0.05) is 6.92 Å². The van der Waals surface area contributed by atoms with Crippen molar-refractivity contribution < 1.29 is 0 Å². The van der Waals surface area contributed by atoms with E-state index in [1.165, 1.54) is 0 Å². The molecule has 0 spiro atoms. The molecule has 3 N–H and O–H groups in total. The second-order valence-electron chi connectivity index (χ2n) is 2.92. The SMILES string of the molecule is CC/C=N/NC(=N)N1CCNCC1. The van der Waals surface area contributed by atoms with Crippen LogP contribution in [0.25, 0.3) is 0 Å². The summed E-state index contributed by atoms with van der Waals surface area (Å²) in [5.41, 5.74) is 2.70. The van der Waals surface area contributed by atoms with Gasteiger partial charge in [0.15, 0.2) is 0 Å². The number of piperazine rings is 1. The normalized spacial score (nSPS) is 17.8. The van der Waals surface area contributed by atoms with E-state index in [-0.39, 0.29) is 0 Å². The number of guanidine groups is 1. The molecule has 5 nitrogen and oxygen atoms in total. The van der Waals surface area contributed by atoms with Crippen LogP contribution in [0.5, 0.6) is 0 Å². The summed E-state index contributed by atoms with van der Waals surface area (Å²) >= 11 is 0. The highest BCUT2D eigenvalue weighted by molar-refractivity contribution is 5.77. The smallest absolute Gasteiger partial charge is 0.211 e. The van der Waals surface area contributed by atoms with Gasteiger partial charge in [0, 0.05) is 32.4 Å². The molecule has 5 heteroatoms. The van der Waals surface area contributed by atoms with Crippen molar-refractivity contribution in [2.45, 2.75) is 13.3 Å². The summed E-state index contributed by atoms with van der Waals surface area (Å²) in [4.78, 5) is 1.98. The molecule has 0 aromatic heterocycles. The quantitative estimate of drug-likeness (QED) is 0.316. The highest BCUT2D eigenvalue weighted by Gasteiger charge is 2.11. The first kappa shape index (κ1) is 9.98. The number of nitrogens with one attached hydrogen (secondary N) is 3. The van der Waals surface area contributed by atoms with E-state index in [9.17, 15) is 0 Å². The van der Waals surface area contributed by atoms with Gasteiger partial charge in [-0.15, -0.1) is 0 Å². The van der Waals surface area contributed by atoms with Crippen molar-refractivity contribution in [3.05, 3.63) is 0 Å². The highest BCUT2D eigenvalue weighted by atomic mass is 15.4. The summed E-state index contributed by atoms with van der Waals surface area (Å²) in [6.07, 6.45) is 2.65. The number of hydrazone groups is 1. The molecule has 0 radical (unpaired) electrons. The Morgan fingerprint density at radius 2 is 2.31 bits per heavy atom. The number of rotatable bonds is 2. The Balaban J connectivity index is 2.25. The van der Waals surface area contributed by atoms with Gasteiger partial charge in [-0.2, -0.15) is 5.10 Å². The molecule has 0 aromatic carbocycles. The van der Waals surface area contributed by atoms with Gasteiger partial charge >= 0.3 is 0 Å². The maximum atomic E-state index is 7.63. The molecule has 74 valence electrons. The average molecular weight is 183 g/mol. The van der Waals surface area contributed by atoms with E-state index in [4.69, 9.17) is 5.41 Å². The molecule has 0 amide bonds. The van der Waals surface area contributed by atoms with E-state index < -0.39 is 0 Å². The lowest BCUT2D eigenvalue weighted by Crippen LogP contribution is -2.49. The third-order valence-corrected chi connectivity index (χ3v) is 1.88. The van der Waals surface area contributed by atoms with Gasteiger partial charge in [0.2, 0.25) is 5.96 Å². The number of nitrogens with zero attached hydrogens (tertiary/aromatic N) is 2. The Morgan fingerprint density at radius 3 is 2.92 bits per heavy atom. The van der Waals surface area contributed by atoms with Crippen LogP contribution in [0.3, 0.4) is 0 Å². The van der Waals surface area contributed by atoms with Crippen LogP contribution in [-0.4, -0.2) is 43.3 Å². The fourth-order valence-electron chi connectivity index (χ4n) is 1.16. The summed E-state index contributed by atoms with van der Waals surface area (Å²) in [6.45, 7) is 5.67. The zero-order valence-electron chi connectivity index (χ0n) is 8.01. The molecule has 1 saturated heterocycles. The molecule has 1 fully saturated rings. The zero-order chi connectivity index (χ0) is 9.52. The lowest BCUT2D eigenvalue weighted by Gasteiger charge is -2.28. The lowest BCUT2D eigenvalue weighted by atomic mass is 10.4. The molecule has 0 aliphatic carbocycles. The minimum absolute atomic E-state index is 0.395. The van der Waals surface area contributed by atoms with Gasteiger partial charge in [0.25, 0.3) is 0 Å². The fourth-order valence-corrected chi connectivity index (χ4v) is 1.16. The predicted molar refractivity (Wildman–Crippen MR) is 54.1 cm³/mol. The van der Waals surface area contributed by atoms with Gasteiger partial charge in [-0.25, -0.2) is 5.43 Å². The molecule has 0 aromatic rings. The van der Waals surface area contributed by atoms with Gasteiger partial charge in [-0.3, -0.25) is 5.41 Å². The van der Waals surface area contributed by atoms with Crippen molar-refractivity contribution in [2.75, 3.05) is 26.2 Å². The Labute approximate surface area is 78.7 Å². The zero-order valence-corrected chi connectivity index (χ0v) is 8.01. The van der Waals surface area contributed by atoms with Crippen LogP contribution in [0.15, 0.2) is 5.10 Å². The monoisotopic (exact) mass is 183 g/mol. The van der Waals surface area contributed by atoms with Crippen LogP contribution in [0.4, 0.5) is 0 Å². The van der Waals surface area contributed by atoms with E-state index in [1.54, 1.807) is 6.21 Å². The van der Waals surface area contributed by atoms with Crippen molar-refractivity contribution >= 4 is 12.2 Å². The van der Waals surface area contributed by atoms with Crippen LogP contribution in [0.1, 0.15) is 13.3 Å². The first-order valence-corrected chi connectivity index (χ1v) is 4.66. The van der Waals surface area contributed by atoms with Gasteiger partial charge in [0.05, 0.1) is 0 Å². The third kappa shape index (κ3) is 3.42. The van der Waals surface area contributed by atoms with Crippen molar-refractivity contribution in [2.24, 2.45) is 5.10 Å². The molecule has 1 aliphatic rings. The van der Waals surface area contributed by atoms with E-state index in [0.717, 1.165) is 32.6 Å². The summed E-state index contributed by atoms with van der Waals surface area (Å²) in [7, 11) is 0. The number of hydrogen-bond donors (Lipinski definition) is 3. The molecule has 1 rings (SSSR count). The Kier molecular flexibility index (Phi) is 4.25. The summed E-state index contributed by atoms with van der Waals surface area (Å²) in [5, 5.41) is 14.8. The standard InChI is InChI=1S/C8H17N5/c1-2-3-11-12-8(9)13-6-4-10-5-7-13/h3,10H,2,4-7H2,1H3,(H2,9,12)/b11-3+. The molecular formula is C8H17N5.